The Kier molecular flexibility index (Phi) is 3.26. The minimum atomic E-state index is -0.753. The van der Waals surface area contributed by atoms with E-state index in [2.05, 4.69) is 10.4 Å². The van der Waals surface area contributed by atoms with E-state index in [0.29, 0.717) is 13.0 Å². The Morgan fingerprint density at radius 1 is 1.43 bits per heavy atom. The van der Waals surface area contributed by atoms with Crippen molar-refractivity contribution in [2.24, 2.45) is 13.0 Å². The number of hydrogen-bond acceptors (Lipinski definition) is 3. The topological polar surface area (TPSA) is 67.2 Å². The fourth-order valence-corrected chi connectivity index (χ4v) is 3.16. The van der Waals surface area contributed by atoms with Crippen molar-refractivity contribution in [3.8, 4) is 0 Å². The molecule has 1 aromatic rings. The molecule has 2 atom stereocenters. The van der Waals surface area contributed by atoms with Crippen LogP contribution in [0.15, 0.2) is 12.3 Å². The zero-order valence-electron chi connectivity index (χ0n) is 12.8. The second-order valence-electron chi connectivity index (χ2n) is 6.49. The zero-order valence-corrected chi connectivity index (χ0v) is 12.8. The third kappa shape index (κ3) is 2.54. The van der Waals surface area contributed by atoms with E-state index in [1.807, 2.05) is 33.2 Å². The van der Waals surface area contributed by atoms with Gasteiger partial charge < -0.3 is 10.2 Å². The molecule has 1 aromatic heterocycles. The second kappa shape index (κ2) is 4.86. The van der Waals surface area contributed by atoms with Gasteiger partial charge in [0, 0.05) is 25.7 Å². The maximum absolute atomic E-state index is 13.0. The molecule has 2 unspecified atom stereocenters. The molecule has 2 heterocycles. The number of carbonyl (C=O) groups is 2. The number of aryl methyl sites for hydroxylation is 1. The second-order valence-corrected chi connectivity index (χ2v) is 6.49. The Balaban J connectivity index is 1.88. The van der Waals surface area contributed by atoms with Crippen LogP contribution < -0.4 is 5.32 Å². The van der Waals surface area contributed by atoms with Crippen LogP contribution in [-0.2, 0) is 23.2 Å². The number of amides is 2. The van der Waals surface area contributed by atoms with Crippen molar-refractivity contribution in [3.05, 3.63) is 18.0 Å². The molecular formula is C15H22N4O2. The Morgan fingerprint density at radius 3 is 2.71 bits per heavy atom. The molecule has 2 amide bonds. The molecule has 1 aliphatic carbocycles. The first-order chi connectivity index (χ1) is 9.90. The quantitative estimate of drug-likeness (QED) is 0.896. The predicted molar refractivity (Wildman–Crippen MR) is 77.1 cm³/mol. The Bertz CT molecular complexity index is 578. The van der Waals surface area contributed by atoms with Crippen molar-refractivity contribution in [2.45, 2.75) is 51.2 Å². The summed E-state index contributed by atoms with van der Waals surface area (Å²) in [4.78, 5) is 26.9. The van der Waals surface area contributed by atoms with Gasteiger partial charge in [0.15, 0.2) is 0 Å². The van der Waals surface area contributed by atoms with Gasteiger partial charge in [-0.15, -0.1) is 0 Å². The van der Waals surface area contributed by atoms with Crippen molar-refractivity contribution in [2.75, 3.05) is 0 Å². The van der Waals surface area contributed by atoms with Crippen LogP contribution in [0.4, 0.5) is 0 Å². The fourth-order valence-electron chi connectivity index (χ4n) is 3.16. The van der Waals surface area contributed by atoms with Crippen LogP contribution in [0.1, 0.15) is 38.8 Å². The molecule has 1 saturated carbocycles. The molecule has 0 bridgehead atoms. The molecule has 2 fully saturated rings. The molecule has 21 heavy (non-hydrogen) atoms. The number of carbonyl (C=O) groups excluding carboxylic acids is 2. The molecular weight excluding hydrogens is 268 g/mol. The summed E-state index contributed by atoms with van der Waals surface area (Å²) in [5, 5.41) is 7.31. The smallest absolute Gasteiger partial charge is 0.248 e. The Morgan fingerprint density at radius 2 is 2.14 bits per heavy atom. The number of nitrogens with one attached hydrogen (secondary N) is 1. The lowest BCUT2D eigenvalue weighted by Crippen LogP contribution is -2.57. The monoisotopic (exact) mass is 290 g/mol. The number of aromatic nitrogens is 2. The van der Waals surface area contributed by atoms with Crippen LogP contribution in [0, 0.1) is 5.92 Å². The Hall–Kier alpha value is -1.85. The van der Waals surface area contributed by atoms with Gasteiger partial charge in [0.05, 0.1) is 12.2 Å². The van der Waals surface area contributed by atoms with Gasteiger partial charge in [-0.25, -0.2) is 0 Å². The summed E-state index contributed by atoms with van der Waals surface area (Å²) in [6.45, 7) is 4.26. The summed E-state index contributed by atoms with van der Waals surface area (Å²) < 4.78 is 1.73. The van der Waals surface area contributed by atoms with Gasteiger partial charge in [0.1, 0.15) is 5.54 Å². The van der Waals surface area contributed by atoms with Gasteiger partial charge in [0.2, 0.25) is 11.8 Å². The van der Waals surface area contributed by atoms with Gasteiger partial charge in [0.25, 0.3) is 0 Å². The molecule has 1 saturated heterocycles. The first-order valence-corrected chi connectivity index (χ1v) is 7.51. The van der Waals surface area contributed by atoms with Crippen LogP contribution in [-0.4, -0.2) is 38.1 Å². The van der Waals surface area contributed by atoms with E-state index in [4.69, 9.17) is 0 Å². The van der Waals surface area contributed by atoms with Crippen LogP contribution in [0.3, 0.4) is 0 Å². The van der Waals surface area contributed by atoms with Crippen LogP contribution >= 0.6 is 0 Å². The molecule has 6 nitrogen and oxygen atoms in total. The minimum absolute atomic E-state index is 0.0222. The van der Waals surface area contributed by atoms with Crippen molar-refractivity contribution in [1.29, 1.82) is 0 Å². The largest absolute Gasteiger partial charge is 0.342 e. The number of hydrogen-bond donors (Lipinski definition) is 1. The maximum Gasteiger partial charge on any atom is 0.248 e. The molecule has 3 rings (SSSR count). The van der Waals surface area contributed by atoms with Crippen molar-refractivity contribution >= 4 is 11.8 Å². The van der Waals surface area contributed by atoms with E-state index in [1.54, 1.807) is 9.58 Å². The van der Waals surface area contributed by atoms with Gasteiger partial charge in [-0.2, -0.15) is 5.10 Å². The van der Waals surface area contributed by atoms with Crippen LogP contribution in [0.5, 0.6) is 0 Å². The van der Waals surface area contributed by atoms with Crippen molar-refractivity contribution in [1.82, 2.24) is 20.0 Å². The predicted octanol–water partition coefficient (Wildman–Crippen LogP) is 0.826. The summed E-state index contributed by atoms with van der Waals surface area (Å²) in [5.41, 5.74) is 0.0987. The summed E-state index contributed by atoms with van der Waals surface area (Å²) >= 11 is 0. The van der Waals surface area contributed by atoms with E-state index < -0.39 is 5.54 Å². The van der Waals surface area contributed by atoms with Crippen molar-refractivity contribution in [3.63, 3.8) is 0 Å². The van der Waals surface area contributed by atoms with Gasteiger partial charge in [-0.3, -0.25) is 14.3 Å². The molecule has 2 aliphatic rings. The number of rotatable bonds is 3. The summed E-state index contributed by atoms with van der Waals surface area (Å²) in [7, 11) is 1.86. The zero-order chi connectivity index (χ0) is 15.2. The fraction of sp³-hybridized carbons (Fsp3) is 0.667. The van der Waals surface area contributed by atoms with E-state index in [-0.39, 0.29) is 23.8 Å². The van der Waals surface area contributed by atoms with Crippen molar-refractivity contribution < 1.29 is 9.59 Å². The van der Waals surface area contributed by atoms with E-state index in [0.717, 1.165) is 18.5 Å². The Labute approximate surface area is 124 Å². The minimum Gasteiger partial charge on any atom is -0.342 e. The van der Waals surface area contributed by atoms with E-state index >= 15 is 0 Å². The normalized spacial score (nSPS) is 30.2. The van der Waals surface area contributed by atoms with Gasteiger partial charge in [-0.05, 0) is 38.7 Å². The van der Waals surface area contributed by atoms with Crippen LogP contribution in [0.25, 0.3) is 0 Å². The van der Waals surface area contributed by atoms with Gasteiger partial charge in [-0.1, -0.05) is 0 Å². The molecule has 1 aliphatic heterocycles. The molecule has 0 spiro atoms. The highest BCUT2D eigenvalue weighted by molar-refractivity contribution is 5.94. The van der Waals surface area contributed by atoms with E-state index in [9.17, 15) is 9.59 Å². The highest BCUT2D eigenvalue weighted by Gasteiger charge is 2.52. The molecule has 0 radical (unpaired) electrons. The highest BCUT2D eigenvalue weighted by atomic mass is 16.2. The molecule has 0 aromatic carbocycles. The standard InChI is InChI=1S/C15H22N4O2/c1-10-8-13(20)16-15(2,11-4-5-11)14(21)19(10)9-12-6-7-18(3)17-12/h6-7,10-11H,4-5,8-9H2,1-3H3,(H,16,20). The lowest BCUT2D eigenvalue weighted by Gasteiger charge is -2.34. The third-order valence-electron chi connectivity index (χ3n) is 4.61. The average molecular weight is 290 g/mol. The number of nitrogens with zero attached hydrogens (tertiary/aromatic N) is 3. The summed E-state index contributed by atoms with van der Waals surface area (Å²) in [5.74, 6) is 0.258. The molecule has 1 N–H and O–H groups in total. The average Bonchev–Trinajstić information content (AvgIpc) is 3.19. The third-order valence-corrected chi connectivity index (χ3v) is 4.61. The lowest BCUT2D eigenvalue weighted by atomic mass is 9.94. The van der Waals surface area contributed by atoms with Gasteiger partial charge >= 0.3 is 0 Å². The maximum atomic E-state index is 13.0. The molecule has 114 valence electrons. The summed E-state index contributed by atoms with van der Waals surface area (Å²) in [6, 6.07) is 1.80. The highest BCUT2D eigenvalue weighted by Crippen LogP contribution is 2.42. The lowest BCUT2D eigenvalue weighted by molar-refractivity contribution is -0.141. The SMILES string of the molecule is CC1CC(=O)NC(C)(C2CC2)C(=O)N1Cc1ccn(C)n1. The summed E-state index contributed by atoms with van der Waals surface area (Å²) in [6.07, 6.45) is 4.23. The molecule has 6 heteroatoms. The first kappa shape index (κ1) is 14.1. The van der Waals surface area contributed by atoms with Crippen LogP contribution in [0.2, 0.25) is 0 Å². The first-order valence-electron chi connectivity index (χ1n) is 7.51. The van der Waals surface area contributed by atoms with E-state index in [1.165, 1.54) is 0 Å².